The first-order valence-corrected chi connectivity index (χ1v) is 6.54. The smallest absolute Gasteiger partial charge is 0.216 e. The van der Waals surface area contributed by atoms with Gasteiger partial charge < -0.3 is 19.5 Å². The lowest BCUT2D eigenvalue weighted by molar-refractivity contribution is -0.127. The maximum absolute atomic E-state index is 11.2. The summed E-state index contributed by atoms with van der Waals surface area (Å²) in [5.74, 6) is 0.0483. The number of carbonyl (C=O) groups excluding carboxylic acids is 2. The lowest BCUT2D eigenvalue weighted by Gasteiger charge is -2.07. The summed E-state index contributed by atoms with van der Waals surface area (Å²) in [5.41, 5.74) is 0. The van der Waals surface area contributed by atoms with E-state index in [1.54, 1.807) is 0 Å². The molecule has 0 rings (SSSR count). The van der Waals surface area contributed by atoms with E-state index in [1.807, 2.05) is 13.8 Å². The van der Waals surface area contributed by atoms with Gasteiger partial charge in [0.1, 0.15) is 6.61 Å². The van der Waals surface area contributed by atoms with Crippen molar-refractivity contribution >= 4 is 11.7 Å². The molecule has 0 aliphatic rings. The quantitative estimate of drug-likeness (QED) is 0.522. The van der Waals surface area contributed by atoms with E-state index in [2.05, 4.69) is 5.32 Å². The van der Waals surface area contributed by atoms with E-state index in [0.717, 1.165) is 0 Å². The van der Waals surface area contributed by atoms with Crippen LogP contribution in [0.2, 0.25) is 0 Å². The van der Waals surface area contributed by atoms with Crippen molar-refractivity contribution < 1.29 is 23.8 Å². The average Bonchev–Trinajstić information content (AvgIpc) is 2.35. The molecule has 0 heterocycles. The van der Waals surface area contributed by atoms with Crippen molar-refractivity contribution in [2.24, 2.45) is 5.92 Å². The number of ketones is 1. The molecule has 0 aromatic heterocycles. The van der Waals surface area contributed by atoms with Crippen molar-refractivity contribution in [2.75, 3.05) is 46.2 Å². The second kappa shape index (κ2) is 12.1. The van der Waals surface area contributed by atoms with E-state index < -0.39 is 0 Å². The third-order valence-corrected chi connectivity index (χ3v) is 2.25. The monoisotopic (exact) mass is 275 g/mol. The van der Waals surface area contributed by atoms with E-state index in [9.17, 15) is 9.59 Å². The third-order valence-electron chi connectivity index (χ3n) is 2.25. The van der Waals surface area contributed by atoms with Crippen LogP contribution >= 0.6 is 0 Å². The first-order chi connectivity index (χ1) is 9.04. The molecule has 0 aliphatic heterocycles. The molecule has 0 spiro atoms. The number of nitrogens with one attached hydrogen (secondary N) is 1. The first kappa shape index (κ1) is 18.0. The van der Waals surface area contributed by atoms with Crippen molar-refractivity contribution in [3.63, 3.8) is 0 Å². The topological polar surface area (TPSA) is 73.9 Å². The molecule has 1 amide bonds. The van der Waals surface area contributed by atoms with E-state index in [4.69, 9.17) is 14.2 Å². The maximum atomic E-state index is 11.2. The molecular weight excluding hydrogens is 250 g/mol. The lowest BCUT2D eigenvalue weighted by Crippen LogP contribution is -2.25. The summed E-state index contributed by atoms with van der Waals surface area (Å²) in [5, 5.41) is 2.63. The number of hydrogen-bond donors (Lipinski definition) is 1. The van der Waals surface area contributed by atoms with Gasteiger partial charge in [-0.1, -0.05) is 13.8 Å². The van der Waals surface area contributed by atoms with E-state index in [1.165, 1.54) is 6.92 Å². The zero-order chi connectivity index (χ0) is 14.5. The van der Waals surface area contributed by atoms with E-state index in [-0.39, 0.29) is 24.2 Å². The van der Waals surface area contributed by atoms with Crippen molar-refractivity contribution in [1.82, 2.24) is 5.32 Å². The zero-order valence-corrected chi connectivity index (χ0v) is 12.1. The fourth-order valence-electron chi connectivity index (χ4n) is 1.08. The molecule has 0 aromatic rings. The Labute approximate surface area is 114 Å². The largest absolute Gasteiger partial charge is 0.377 e. The van der Waals surface area contributed by atoms with Gasteiger partial charge in [-0.15, -0.1) is 0 Å². The summed E-state index contributed by atoms with van der Waals surface area (Å²) in [7, 11) is 0. The highest BCUT2D eigenvalue weighted by Crippen LogP contribution is 1.94. The average molecular weight is 275 g/mol. The SMILES string of the molecule is CC(=O)NCCOCCOCCOCC(=O)C(C)C. The molecule has 0 saturated heterocycles. The number of hydrogen-bond acceptors (Lipinski definition) is 5. The van der Waals surface area contributed by atoms with Crippen molar-refractivity contribution in [1.29, 1.82) is 0 Å². The molecule has 6 heteroatoms. The minimum atomic E-state index is -0.0621. The van der Waals surface area contributed by atoms with Gasteiger partial charge in [0.25, 0.3) is 0 Å². The minimum absolute atomic E-state index is 0.0120. The summed E-state index contributed by atoms with van der Waals surface area (Å²) in [4.78, 5) is 21.8. The molecule has 0 bridgehead atoms. The molecule has 6 nitrogen and oxygen atoms in total. The molecule has 0 fully saturated rings. The highest BCUT2D eigenvalue weighted by molar-refractivity contribution is 5.81. The Morgan fingerprint density at radius 1 is 0.947 bits per heavy atom. The fraction of sp³-hybridized carbons (Fsp3) is 0.846. The summed E-state index contributed by atoms with van der Waals surface area (Å²) in [6.45, 7) is 8.09. The molecule has 0 atom stereocenters. The lowest BCUT2D eigenvalue weighted by atomic mass is 10.1. The number of Topliss-reactive ketones (excluding diaryl/α,β-unsaturated/α-hetero) is 1. The first-order valence-electron chi connectivity index (χ1n) is 6.54. The van der Waals surface area contributed by atoms with Crippen LogP contribution in [0.5, 0.6) is 0 Å². The van der Waals surface area contributed by atoms with Gasteiger partial charge >= 0.3 is 0 Å². The van der Waals surface area contributed by atoms with Crippen molar-refractivity contribution in [3.8, 4) is 0 Å². The maximum Gasteiger partial charge on any atom is 0.216 e. The van der Waals surface area contributed by atoms with Gasteiger partial charge in [-0.3, -0.25) is 9.59 Å². The molecule has 0 saturated carbocycles. The van der Waals surface area contributed by atoms with Gasteiger partial charge in [0.2, 0.25) is 5.91 Å². The predicted octanol–water partition coefficient (Wildman–Crippen LogP) is 0.397. The number of rotatable bonds is 12. The van der Waals surface area contributed by atoms with Crippen molar-refractivity contribution in [3.05, 3.63) is 0 Å². The van der Waals surface area contributed by atoms with Crippen LogP contribution in [0.1, 0.15) is 20.8 Å². The fourth-order valence-corrected chi connectivity index (χ4v) is 1.08. The van der Waals surface area contributed by atoms with E-state index >= 15 is 0 Å². The summed E-state index contributed by atoms with van der Waals surface area (Å²) >= 11 is 0. The second-order valence-corrected chi connectivity index (χ2v) is 4.38. The van der Waals surface area contributed by atoms with Crippen LogP contribution < -0.4 is 5.32 Å². The van der Waals surface area contributed by atoms with Crippen LogP contribution in [-0.4, -0.2) is 57.9 Å². The highest BCUT2D eigenvalue weighted by atomic mass is 16.5. The molecular formula is C13H25NO5. The number of amides is 1. The Kier molecular flexibility index (Phi) is 11.5. The molecule has 0 unspecified atom stereocenters. The Bertz CT molecular complexity index is 255. The molecule has 1 N–H and O–H groups in total. The van der Waals surface area contributed by atoms with Crippen LogP contribution in [0.3, 0.4) is 0 Å². The Hall–Kier alpha value is -0.980. The van der Waals surface area contributed by atoms with Crippen LogP contribution in [0.4, 0.5) is 0 Å². The van der Waals surface area contributed by atoms with Crippen LogP contribution in [0, 0.1) is 5.92 Å². The molecule has 0 aliphatic carbocycles. The van der Waals surface area contributed by atoms with Crippen LogP contribution in [-0.2, 0) is 23.8 Å². The van der Waals surface area contributed by atoms with Gasteiger partial charge in [-0.25, -0.2) is 0 Å². The normalized spacial score (nSPS) is 10.7. The molecule has 0 aromatic carbocycles. The standard InChI is InChI=1S/C13H25NO5/c1-11(2)13(16)10-19-9-8-18-7-6-17-5-4-14-12(3)15/h11H,4-10H2,1-3H3,(H,14,15). The van der Waals surface area contributed by atoms with Gasteiger partial charge in [0.05, 0.1) is 33.0 Å². The predicted molar refractivity (Wildman–Crippen MR) is 71.0 cm³/mol. The number of ether oxygens (including phenoxy) is 3. The Morgan fingerprint density at radius 2 is 1.47 bits per heavy atom. The van der Waals surface area contributed by atoms with Crippen LogP contribution in [0.15, 0.2) is 0 Å². The zero-order valence-electron chi connectivity index (χ0n) is 12.1. The molecule has 19 heavy (non-hydrogen) atoms. The van der Waals surface area contributed by atoms with E-state index in [0.29, 0.717) is 39.6 Å². The highest BCUT2D eigenvalue weighted by Gasteiger charge is 2.06. The molecule has 112 valence electrons. The summed E-state index contributed by atoms with van der Waals surface area (Å²) < 4.78 is 15.6. The summed E-state index contributed by atoms with van der Waals surface area (Å²) in [6.07, 6.45) is 0. The number of carbonyl (C=O) groups is 2. The van der Waals surface area contributed by atoms with Gasteiger partial charge in [-0.2, -0.15) is 0 Å². The minimum Gasteiger partial charge on any atom is -0.377 e. The van der Waals surface area contributed by atoms with Crippen molar-refractivity contribution in [2.45, 2.75) is 20.8 Å². The summed E-state index contributed by atoms with van der Waals surface area (Å²) in [6, 6.07) is 0. The second-order valence-electron chi connectivity index (χ2n) is 4.38. The Balaban J connectivity index is 3.11. The van der Waals surface area contributed by atoms with Crippen LogP contribution in [0.25, 0.3) is 0 Å². The molecule has 0 radical (unpaired) electrons. The van der Waals surface area contributed by atoms with Gasteiger partial charge in [0, 0.05) is 19.4 Å². The Morgan fingerprint density at radius 3 is 2.00 bits per heavy atom. The van der Waals surface area contributed by atoms with Gasteiger partial charge in [0.15, 0.2) is 5.78 Å². The van der Waals surface area contributed by atoms with Gasteiger partial charge in [-0.05, 0) is 0 Å². The third kappa shape index (κ3) is 13.3.